The van der Waals surface area contributed by atoms with Crippen LogP contribution in [0.2, 0.25) is 0 Å². The van der Waals surface area contributed by atoms with Crippen LogP contribution >= 0.6 is 0 Å². The van der Waals surface area contributed by atoms with Crippen LogP contribution < -0.4 is 5.56 Å². The number of hydrogen-bond acceptors (Lipinski definition) is 4. The minimum absolute atomic E-state index is 0.0252. The quantitative estimate of drug-likeness (QED) is 0.354. The molecule has 2 atom stereocenters. The van der Waals surface area contributed by atoms with Gasteiger partial charge in [-0.3, -0.25) is 4.79 Å². The minimum atomic E-state index is -0.988. The predicted octanol–water partition coefficient (Wildman–Crippen LogP) is 4.88. The van der Waals surface area contributed by atoms with Crippen LogP contribution in [0.5, 0.6) is 0 Å². The van der Waals surface area contributed by atoms with E-state index in [9.17, 15) is 24.9 Å². The zero-order chi connectivity index (χ0) is 26.3. The summed E-state index contributed by atoms with van der Waals surface area (Å²) in [5.41, 5.74) is 2.65. The number of carbonyl (C=O) groups is 1. The Morgan fingerprint density at radius 3 is 2.19 bits per heavy atom. The molecule has 0 fully saturated rings. The van der Waals surface area contributed by atoms with Crippen molar-refractivity contribution in [3.8, 4) is 11.1 Å². The fourth-order valence-corrected chi connectivity index (χ4v) is 4.58. The predicted molar refractivity (Wildman–Crippen MR) is 141 cm³/mol. The van der Waals surface area contributed by atoms with Gasteiger partial charge in [0.15, 0.2) is 0 Å². The van der Waals surface area contributed by atoms with Crippen LogP contribution in [-0.4, -0.2) is 49.6 Å². The van der Waals surface area contributed by atoms with Crippen molar-refractivity contribution in [2.45, 2.75) is 57.7 Å². The maximum absolute atomic E-state index is 12.2. The summed E-state index contributed by atoms with van der Waals surface area (Å²) in [6, 6.07) is 20.4. The Balaban J connectivity index is 1.77. The van der Waals surface area contributed by atoms with Gasteiger partial charge in [-0.25, -0.2) is 4.79 Å². The summed E-state index contributed by atoms with van der Waals surface area (Å²) < 4.78 is 1.47. The molecule has 7 heteroatoms. The van der Waals surface area contributed by atoms with Crippen molar-refractivity contribution in [2.24, 2.45) is 0 Å². The monoisotopic (exact) mass is 492 g/mol. The summed E-state index contributed by atoms with van der Waals surface area (Å²) >= 11 is 0. The Labute approximate surface area is 212 Å². The number of rotatable bonds is 11. The van der Waals surface area contributed by atoms with Crippen LogP contribution in [0.3, 0.4) is 0 Å². The van der Waals surface area contributed by atoms with Crippen LogP contribution in [0.25, 0.3) is 11.1 Å². The van der Waals surface area contributed by atoms with E-state index >= 15 is 0 Å². The van der Waals surface area contributed by atoms with Gasteiger partial charge in [-0.15, -0.1) is 0 Å². The zero-order valence-corrected chi connectivity index (χ0v) is 21.2. The highest BCUT2D eigenvalue weighted by Gasteiger charge is 2.26. The number of benzene rings is 2. The van der Waals surface area contributed by atoms with Gasteiger partial charge in [0.2, 0.25) is 0 Å². The first-order valence-corrected chi connectivity index (χ1v) is 12.3. The highest BCUT2D eigenvalue weighted by atomic mass is 16.4. The molecule has 0 spiro atoms. The number of carboxylic acid groups (broad SMARTS) is 1. The number of amides is 1. The van der Waals surface area contributed by atoms with Crippen molar-refractivity contribution in [3.05, 3.63) is 94.4 Å². The van der Waals surface area contributed by atoms with Crippen LogP contribution in [0.1, 0.15) is 56.7 Å². The van der Waals surface area contributed by atoms with Crippen molar-refractivity contribution < 1.29 is 20.1 Å². The van der Waals surface area contributed by atoms with Gasteiger partial charge >= 0.3 is 6.09 Å². The molecule has 0 radical (unpaired) electrons. The van der Waals surface area contributed by atoms with Crippen LogP contribution in [-0.2, 0) is 6.54 Å². The third-order valence-electron chi connectivity index (χ3n) is 6.50. The standard InChI is InChI=1S/C29H36N2O5/c1-21(22-9-11-24(12-10-22)26-13-14-27(33)30(20-26)17-18-32)31(28(34)35)16-15-25(19-29(2,3)36)23-7-5-4-6-8-23/h4-14,20-21,25,32,36H,15-19H2,1-3H3,(H,34,35)/t21-,25+/m0/s1. The molecule has 0 saturated carbocycles. The molecule has 7 nitrogen and oxygen atoms in total. The Bertz CT molecular complexity index is 1180. The lowest BCUT2D eigenvalue weighted by Crippen LogP contribution is -2.34. The number of aliphatic hydroxyl groups is 2. The van der Waals surface area contributed by atoms with E-state index in [-0.39, 0.29) is 30.7 Å². The van der Waals surface area contributed by atoms with Crippen molar-refractivity contribution >= 4 is 6.09 Å². The number of pyridine rings is 1. The van der Waals surface area contributed by atoms with Gasteiger partial charge in [0.05, 0.1) is 18.2 Å². The summed E-state index contributed by atoms with van der Waals surface area (Å²) in [6.45, 7) is 5.87. The smallest absolute Gasteiger partial charge is 0.407 e. The molecule has 3 N–H and O–H groups in total. The number of hydrogen-bond donors (Lipinski definition) is 3. The zero-order valence-electron chi connectivity index (χ0n) is 21.2. The van der Waals surface area contributed by atoms with E-state index in [1.54, 1.807) is 26.1 Å². The maximum Gasteiger partial charge on any atom is 0.407 e. The van der Waals surface area contributed by atoms with Crippen molar-refractivity contribution in [1.29, 1.82) is 0 Å². The van der Waals surface area contributed by atoms with Crippen molar-refractivity contribution in [1.82, 2.24) is 9.47 Å². The molecule has 1 heterocycles. The van der Waals surface area contributed by atoms with Crippen LogP contribution in [0, 0.1) is 0 Å². The molecule has 0 aliphatic carbocycles. The van der Waals surface area contributed by atoms with Crippen molar-refractivity contribution in [3.63, 3.8) is 0 Å². The maximum atomic E-state index is 12.2. The molecule has 3 aromatic rings. The van der Waals surface area contributed by atoms with Gasteiger partial charge in [0, 0.05) is 25.4 Å². The summed E-state index contributed by atoms with van der Waals surface area (Å²) in [4.78, 5) is 25.6. The molecule has 1 aromatic heterocycles. The Hall–Kier alpha value is -3.42. The van der Waals surface area contributed by atoms with E-state index < -0.39 is 11.7 Å². The highest BCUT2D eigenvalue weighted by Crippen LogP contribution is 2.31. The van der Waals surface area contributed by atoms with Gasteiger partial charge < -0.3 is 24.8 Å². The molecular weight excluding hydrogens is 456 g/mol. The average molecular weight is 493 g/mol. The summed E-state index contributed by atoms with van der Waals surface area (Å²) in [6.07, 6.45) is 1.85. The van der Waals surface area contributed by atoms with Crippen LogP contribution in [0.4, 0.5) is 4.79 Å². The lowest BCUT2D eigenvalue weighted by molar-refractivity contribution is 0.0598. The first kappa shape index (κ1) is 27.2. The van der Waals surface area contributed by atoms with Crippen molar-refractivity contribution in [2.75, 3.05) is 13.2 Å². The van der Waals surface area contributed by atoms with Gasteiger partial charge in [0.1, 0.15) is 0 Å². The van der Waals surface area contributed by atoms with Gasteiger partial charge in [-0.2, -0.15) is 0 Å². The van der Waals surface area contributed by atoms with Gasteiger partial charge in [-0.1, -0.05) is 54.6 Å². The Morgan fingerprint density at radius 2 is 1.61 bits per heavy atom. The first-order chi connectivity index (χ1) is 17.1. The third-order valence-corrected chi connectivity index (χ3v) is 6.50. The largest absolute Gasteiger partial charge is 0.465 e. The van der Waals surface area contributed by atoms with E-state index in [1.807, 2.05) is 61.5 Å². The van der Waals surface area contributed by atoms with Gasteiger partial charge in [-0.05, 0) is 67.9 Å². The fraction of sp³-hybridized carbons (Fsp3) is 0.379. The number of aliphatic hydroxyl groups excluding tert-OH is 1. The van der Waals surface area contributed by atoms with E-state index in [0.717, 1.165) is 22.3 Å². The number of nitrogens with zero attached hydrogens (tertiary/aromatic N) is 2. The summed E-state index contributed by atoms with van der Waals surface area (Å²) in [7, 11) is 0. The van der Waals surface area contributed by atoms with E-state index in [2.05, 4.69) is 0 Å². The SMILES string of the molecule is C[C@@H](c1ccc(-c2ccc(=O)n(CCO)c2)cc1)N(CC[C@H](CC(C)(C)O)c1ccccc1)C(=O)O. The Morgan fingerprint density at radius 1 is 0.972 bits per heavy atom. The van der Waals surface area contributed by atoms with E-state index in [1.165, 1.54) is 15.5 Å². The molecule has 0 aliphatic heterocycles. The molecule has 0 aliphatic rings. The molecular formula is C29H36N2O5. The lowest BCUT2D eigenvalue weighted by Gasteiger charge is -2.31. The second-order valence-electron chi connectivity index (χ2n) is 9.86. The number of aromatic nitrogens is 1. The molecule has 3 rings (SSSR count). The molecule has 192 valence electrons. The van der Waals surface area contributed by atoms with Crippen LogP contribution in [0.15, 0.2) is 77.7 Å². The highest BCUT2D eigenvalue weighted by molar-refractivity contribution is 5.66. The molecule has 0 unspecified atom stereocenters. The van der Waals surface area contributed by atoms with E-state index in [0.29, 0.717) is 19.4 Å². The van der Waals surface area contributed by atoms with Gasteiger partial charge in [0.25, 0.3) is 5.56 Å². The Kier molecular flexibility index (Phi) is 9.07. The summed E-state index contributed by atoms with van der Waals surface area (Å²) in [5, 5.41) is 29.6. The molecule has 0 saturated heterocycles. The first-order valence-electron chi connectivity index (χ1n) is 12.3. The molecule has 36 heavy (non-hydrogen) atoms. The second-order valence-corrected chi connectivity index (χ2v) is 9.86. The van der Waals surface area contributed by atoms with E-state index in [4.69, 9.17) is 0 Å². The normalized spacial score (nSPS) is 13.2. The fourth-order valence-electron chi connectivity index (χ4n) is 4.58. The molecule has 1 amide bonds. The average Bonchev–Trinajstić information content (AvgIpc) is 2.84. The molecule has 0 bridgehead atoms. The lowest BCUT2D eigenvalue weighted by atomic mass is 9.85. The molecule has 2 aromatic carbocycles. The minimum Gasteiger partial charge on any atom is -0.465 e. The topological polar surface area (TPSA) is 103 Å². The third kappa shape index (κ3) is 7.29. The summed E-state index contributed by atoms with van der Waals surface area (Å²) in [5.74, 6) is 0.0252. The second kappa shape index (κ2) is 12.0.